The Hall–Kier alpha value is -2.12. The van der Waals surface area contributed by atoms with E-state index in [2.05, 4.69) is 5.32 Å². The zero-order valence-electron chi connectivity index (χ0n) is 11.5. The molecule has 1 heterocycles. The second-order valence-corrected chi connectivity index (χ2v) is 4.67. The molecule has 21 heavy (non-hydrogen) atoms. The van der Waals surface area contributed by atoms with Crippen molar-refractivity contribution in [1.82, 2.24) is 10.6 Å². The third-order valence-electron chi connectivity index (χ3n) is 3.00. The zero-order chi connectivity index (χ0) is 15.7. The molecule has 0 saturated carbocycles. The van der Waals surface area contributed by atoms with E-state index >= 15 is 0 Å². The number of fused-ring (bicyclic) bond motifs is 1. The molecule has 8 heteroatoms. The maximum absolute atomic E-state index is 13.3. The number of carbonyl (C=O) groups is 1. The van der Waals surface area contributed by atoms with Crippen molar-refractivity contribution in [1.29, 1.82) is 0 Å². The molecule has 0 radical (unpaired) electrons. The maximum atomic E-state index is 13.3. The summed E-state index contributed by atoms with van der Waals surface area (Å²) in [5, 5.41) is 4.10. The lowest BCUT2D eigenvalue weighted by Gasteiger charge is -2.30. The molecule has 0 unspecified atom stereocenters. The minimum absolute atomic E-state index is 0.0846. The number of carbonyl (C=O) groups excluding carboxylic acids is 1. The van der Waals surface area contributed by atoms with Crippen LogP contribution in [0, 0.1) is 0 Å². The van der Waals surface area contributed by atoms with Crippen molar-refractivity contribution in [3.8, 4) is 11.5 Å². The Bertz CT molecular complexity index is 509. The van der Waals surface area contributed by atoms with Gasteiger partial charge < -0.3 is 14.8 Å². The Morgan fingerprint density at radius 3 is 2.24 bits per heavy atom. The quantitative estimate of drug-likeness (QED) is 0.902. The van der Waals surface area contributed by atoms with E-state index in [4.69, 9.17) is 9.47 Å². The van der Waals surface area contributed by atoms with Crippen LogP contribution in [0.25, 0.3) is 0 Å². The van der Waals surface area contributed by atoms with Gasteiger partial charge in [-0.05, 0) is 25.5 Å². The molecule has 2 amide bonds. The molecule has 0 aliphatic carbocycles. The van der Waals surface area contributed by atoms with Crippen molar-refractivity contribution in [2.45, 2.75) is 38.4 Å². The first-order valence-electron chi connectivity index (χ1n) is 6.40. The van der Waals surface area contributed by atoms with Crippen LogP contribution in [0.1, 0.15) is 20.3 Å². The third kappa shape index (κ3) is 2.98. The van der Waals surface area contributed by atoms with E-state index in [1.165, 1.54) is 24.3 Å². The molecule has 2 N–H and O–H groups in total. The summed E-state index contributed by atoms with van der Waals surface area (Å²) < 4.78 is 49.5. The number of hydrogen-bond acceptors (Lipinski definition) is 3. The largest absolute Gasteiger partial charge is 0.492 e. The summed E-state index contributed by atoms with van der Waals surface area (Å²) in [6, 6.07) is 4.38. The van der Waals surface area contributed by atoms with E-state index in [0.717, 1.165) is 0 Å². The van der Waals surface area contributed by atoms with Crippen LogP contribution < -0.4 is 20.1 Å². The third-order valence-corrected chi connectivity index (χ3v) is 3.00. The second-order valence-electron chi connectivity index (χ2n) is 4.67. The standard InChI is InChI=1S/C13H15F3N2O3/c1-3-8(2)17-11(19)18-13(12(14,15)16)20-9-6-4-5-7-10(9)21-13/h4-8H,3H2,1-2H3,(H2,17,18,19)/t8-/m0/s1. The van der Waals surface area contributed by atoms with E-state index < -0.39 is 18.1 Å². The van der Waals surface area contributed by atoms with Gasteiger partial charge in [0.2, 0.25) is 0 Å². The molecule has 2 rings (SSSR count). The zero-order valence-corrected chi connectivity index (χ0v) is 11.5. The first-order valence-corrected chi connectivity index (χ1v) is 6.40. The molecule has 0 spiro atoms. The highest BCUT2D eigenvalue weighted by molar-refractivity contribution is 5.75. The summed E-state index contributed by atoms with van der Waals surface area (Å²) in [5.74, 6) is -3.38. The van der Waals surface area contributed by atoms with Gasteiger partial charge in [-0.2, -0.15) is 13.2 Å². The molecule has 0 aromatic heterocycles. The number of ether oxygens (including phenoxy) is 2. The monoisotopic (exact) mass is 304 g/mol. The predicted molar refractivity (Wildman–Crippen MR) is 67.9 cm³/mol. The van der Waals surface area contributed by atoms with Gasteiger partial charge in [-0.1, -0.05) is 19.1 Å². The molecular formula is C13H15F3N2O3. The number of alkyl halides is 3. The van der Waals surface area contributed by atoms with Gasteiger partial charge in [-0.15, -0.1) is 0 Å². The number of rotatable bonds is 3. The predicted octanol–water partition coefficient (Wildman–Crippen LogP) is 2.77. The lowest BCUT2D eigenvalue weighted by molar-refractivity contribution is -0.317. The topological polar surface area (TPSA) is 59.6 Å². The lowest BCUT2D eigenvalue weighted by atomic mass is 10.3. The Morgan fingerprint density at radius 2 is 1.81 bits per heavy atom. The van der Waals surface area contributed by atoms with E-state index in [9.17, 15) is 18.0 Å². The van der Waals surface area contributed by atoms with Gasteiger partial charge in [0.15, 0.2) is 11.5 Å². The van der Waals surface area contributed by atoms with Crippen molar-refractivity contribution in [3.05, 3.63) is 24.3 Å². The first kappa shape index (κ1) is 15.3. The summed E-state index contributed by atoms with van der Waals surface area (Å²) in [7, 11) is 0. The number of benzene rings is 1. The minimum atomic E-state index is -4.95. The average Bonchev–Trinajstić information content (AvgIpc) is 2.76. The van der Waals surface area contributed by atoms with Crippen molar-refractivity contribution < 1.29 is 27.4 Å². The van der Waals surface area contributed by atoms with Crippen LogP contribution in [-0.4, -0.2) is 24.2 Å². The molecule has 1 aliphatic heterocycles. The fourth-order valence-electron chi connectivity index (χ4n) is 1.70. The van der Waals surface area contributed by atoms with Crippen molar-refractivity contribution in [2.75, 3.05) is 0 Å². The molecule has 1 aliphatic rings. The van der Waals surface area contributed by atoms with E-state index in [1.54, 1.807) is 19.2 Å². The van der Waals surface area contributed by atoms with E-state index in [-0.39, 0.29) is 17.5 Å². The van der Waals surface area contributed by atoms with Crippen LogP contribution in [-0.2, 0) is 0 Å². The lowest BCUT2D eigenvalue weighted by Crippen LogP contribution is -2.66. The van der Waals surface area contributed by atoms with Crippen LogP contribution in [0.5, 0.6) is 11.5 Å². The fourth-order valence-corrected chi connectivity index (χ4v) is 1.70. The van der Waals surface area contributed by atoms with Crippen molar-refractivity contribution in [3.63, 3.8) is 0 Å². The van der Waals surface area contributed by atoms with Crippen LogP contribution >= 0.6 is 0 Å². The molecule has 0 saturated heterocycles. The summed E-state index contributed by atoms with van der Waals surface area (Å²) in [6.07, 6.45) is -4.37. The molecule has 116 valence electrons. The van der Waals surface area contributed by atoms with Crippen LogP contribution in [0.3, 0.4) is 0 Å². The average molecular weight is 304 g/mol. The van der Waals surface area contributed by atoms with Gasteiger partial charge in [-0.3, -0.25) is 5.32 Å². The Kier molecular flexibility index (Phi) is 3.89. The highest BCUT2D eigenvalue weighted by Crippen LogP contribution is 2.44. The second kappa shape index (κ2) is 5.34. The molecular weight excluding hydrogens is 289 g/mol. The minimum Gasteiger partial charge on any atom is -0.424 e. The summed E-state index contributed by atoms with van der Waals surface area (Å²) in [5.41, 5.74) is 0. The van der Waals surface area contributed by atoms with Gasteiger partial charge >= 0.3 is 18.1 Å². The summed E-state index contributed by atoms with van der Waals surface area (Å²) in [4.78, 5) is 11.7. The highest BCUT2D eigenvalue weighted by Gasteiger charge is 2.65. The fraction of sp³-hybridized carbons (Fsp3) is 0.462. The number of urea groups is 1. The number of hydrogen-bond donors (Lipinski definition) is 2. The van der Waals surface area contributed by atoms with E-state index in [1.807, 2.05) is 0 Å². The Balaban J connectivity index is 2.20. The molecule has 1 aromatic carbocycles. The van der Waals surface area contributed by atoms with Gasteiger partial charge in [0.05, 0.1) is 0 Å². The molecule has 5 nitrogen and oxygen atoms in total. The molecule has 1 aromatic rings. The number of para-hydroxylation sites is 2. The SMILES string of the molecule is CC[C@H](C)NC(=O)NC1(C(F)(F)F)Oc2ccccc2O1. The summed E-state index contributed by atoms with van der Waals surface area (Å²) in [6.45, 7) is 3.47. The van der Waals surface area contributed by atoms with Crippen LogP contribution in [0.2, 0.25) is 0 Å². The van der Waals surface area contributed by atoms with Crippen molar-refractivity contribution in [2.24, 2.45) is 0 Å². The van der Waals surface area contributed by atoms with Gasteiger partial charge in [0, 0.05) is 6.04 Å². The maximum Gasteiger partial charge on any atom is 0.492 e. The molecule has 1 atom stereocenters. The normalized spacial score (nSPS) is 17.2. The highest BCUT2D eigenvalue weighted by atomic mass is 19.4. The van der Waals surface area contributed by atoms with Crippen LogP contribution in [0.15, 0.2) is 24.3 Å². The first-order chi connectivity index (χ1) is 9.77. The Labute approximate surface area is 119 Å². The van der Waals surface area contributed by atoms with Gasteiger partial charge in [0.25, 0.3) is 0 Å². The van der Waals surface area contributed by atoms with Crippen LogP contribution in [0.4, 0.5) is 18.0 Å². The summed E-state index contributed by atoms with van der Waals surface area (Å²) >= 11 is 0. The number of amides is 2. The van der Waals surface area contributed by atoms with E-state index in [0.29, 0.717) is 6.42 Å². The van der Waals surface area contributed by atoms with Gasteiger partial charge in [-0.25, -0.2) is 4.79 Å². The number of halogens is 3. The molecule has 0 bridgehead atoms. The van der Waals surface area contributed by atoms with Gasteiger partial charge in [0.1, 0.15) is 0 Å². The smallest absolute Gasteiger partial charge is 0.424 e. The molecule has 0 fully saturated rings. The van der Waals surface area contributed by atoms with Crippen molar-refractivity contribution >= 4 is 6.03 Å². The Morgan fingerprint density at radius 1 is 1.29 bits per heavy atom. The number of nitrogens with one attached hydrogen (secondary N) is 2.